The van der Waals surface area contributed by atoms with Crippen LogP contribution in [0.25, 0.3) is 0 Å². The number of nitrogens with two attached hydrogens (primary N) is 1. The van der Waals surface area contributed by atoms with Gasteiger partial charge in [0.25, 0.3) is 5.56 Å². The fraction of sp³-hybridized carbons (Fsp3) is 0.500. The summed E-state index contributed by atoms with van der Waals surface area (Å²) in [6, 6.07) is 0. The fourth-order valence-corrected chi connectivity index (χ4v) is 2.03. The quantitative estimate of drug-likeness (QED) is 0.737. The van der Waals surface area contributed by atoms with Crippen LogP contribution < -0.4 is 11.3 Å². The molecule has 1 heterocycles. The van der Waals surface area contributed by atoms with Gasteiger partial charge in [-0.1, -0.05) is 0 Å². The van der Waals surface area contributed by atoms with Crippen LogP contribution in [0.2, 0.25) is 0 Å². The lowest BCUT2D eigenvalue weighted by Gasteiger charge is -2.17. The molecule has 1 aliphatic carbocycles. The average molecular weight is 215 g/mol. The van der Waals surface area contributed by atoms with Crippen molar-refractivity contribution >= 4 is 12.4 Å². The van der Waals surface area contributed by atoms with Gasteiger partial charge in [0.05, 0.1) is 0 Å². The summed E-state index contributed by atoms with van der Waals surface area (Å²) in [7, 11) is 0. The SMILES string of the molecule is Cl.NCc1c2c(c[nH]c1=O)CCCC2. The van der Waals surface area contributed by atoms with Crippen LogP contribution in [0.5, 0.6) is 0 Å². The third-order valence-corrected chi connectivity index (χ3v) is 2.73. The van der Waals surface area contributed by atoms with Crippen LogP contribution >= 0.6 is 12.4 Å². The summed E-state index contributed by atoms with van der Waals surface area (Å²) in [6.45, 7) is 0.360. The third kappa shape index (κ3) is 1.83. The molecule has 4 heteroatoms. The predicted octanol–water partition coefficient (Wildman–Crippen LogP) is 1.13. The maximum atomic E-state index is 11.4. The highest BCUT2D eigenvalue weighted by Gasteiger charge is 2.14. The number of hydrogen-bond acceptors (Lipinski definition) is 2. The molecular formula is C10H15ClN2O. The third-order valence-electron chi connectivity index (χ3n) is 2.73. The van der Waals surface area contributed by atoms with E-state index in [1.54, 1.807) is 0 Å². The van der Waals surface area contributed by atoms with E-state index in [0.29, 0.717) is 6.54 Å². The van der Waals surface area contributed by atoms with Gasteiger partial charge in [-0.3, -0.25) is 4.79 Å². The van der Waals surface area contributed by atoms with Crippen molar-refractivity contribution in [3.8, 4) is 0 Å². The number of pyridine rings is 1. The maximum Gasteiger partial charge on any atom is 0.252 e. The lowest BCUT2D eigenvalue weighted by molar-refractivity contribution is 0.671. The summed E-state index contributed by atoms with van der Waals surface area (Å²) >= 11 is 0. The molecule has 1 aromatic rings. The molecular weight excluding hydrogens is 200 g/mol. The van der Waals surface area contributed by atoms with Gasteiger partial charge in [-0.05, 0) is 36.8 Å². The van der Waals surface area contributed by atoms with Gasteiger partial charge in [-0.2, -0.15) is 0 Å². The highest BCUT2D eigenvalue weighted by Crippen LogP contribution is 2.21. The molecule has 14 heavy (non-hydrogen) atoms. The van der Waals surface area contributed by atoms with Crippen molar-refractivity contribution in [1.82, 2.24) is 4.98 Å². The Labute approximate surface area is 89.1 Å². The molecule has 0 saturated carbocycles. The van der Waals surface area contributed by atoms with E-state index < -0.39 is 0 Å². The molecule has 0 saturated heterocycles. The van der Waals surface area contributed by atoms with E-state index in [0.717, 1.165) is 18.4 Å². The average Bonchev–Trinajstić information content (AvgIpc) is 2.18. The minimum absolute atomic E-state index is 0. The first-order chi connectivity index (χ1) is 6.33. The number of H-pyrrole nitrogens is 1. The van der Waals surface area contributed by atoms with E-state index in [2.05, 4.69) is 4.98 Å². The standard InChI is InChI=1S/C10H14N2O.ClH/c11-5-9-8-4-2-1-3-7(8)6-12-10(9)13;/h6H,1-5,11H2,(H,12,13);1H. The minimum Gasteiger partial charge on any atom is -0.329 e. The molecule has 0 bridgehead atoms. The normalized spacial score (nSPS) is 14.4. The fourth-order valence-electron chi connectivity index (χ4n) is 2.03. The summed E-state index contributed by atoms with van der Waals surface area (Å²) in [6.07, 6.45) is 6.35. The second-order valence-corrected chi connectivity index (χ2v) is 3.51. The summed E-state index contributed by atoms with van der Waals surface area (Å²) in [5.74, 6) is 0. The van der Waals surface area contributed by atoms with Crippen molar-refractivity contribution in [3.05, 3.63) is 33.2 Å². The molecule has 0 amide bonds. The van der Waals surface area contributed by atoms with Gasteiger partial charge in [-0.15, -0.1) is 12.4 Å². The number of nitrogens with one attached hydrogen (secondary N) is 1. The summed E-state index contributed by atoms with van der Waals surface area (Å²) < 4.78 is 0. The number of aromatic nitrogens is 1. The Balaban J connectivity index is 0.000000980. The van der Waals surface area contributed by atoms with Crippen LogP contribution in [-0.2, 0) is 19.4 Å². The lowest BCUT2D eigenvalue weighted by Crippen LogP contribution is -2.22. The Bertz CT molecular complexity index is 373. The molecule has 0 spiro atoms. The highest BCUT2D eigenvalue weighted by molar-refractivity contribution is 5.85. The minimum atomic E-state index is -0.0110. The molecule has 3 N–H and O–H groups in total. The van der Waals surface area contributed by atoms with E-state index in [4.69, 9.17) is 5.73 Å². The molecule has 3 nitrogen and oxygen atoms in total. The van der Waals surface area contributed by atoms with Crippen LogP contribution in [0.4, 0.5) is 0 Å². The maximum absolute atomic E-state index is 11.4. The Morgan fingerprint density at radius 1 is 1.36 bits per heavy atom. The van der Waals surface area contributed by atoms with Crippen molar-refractivity contribution in [2.24, 2.45) is 5.73 Å². The van der Waals surface area contributed by atoms with E-state index in [1.807, 2.05) is 6.20 Å². The van der Waals surface area contributed by atoms with E-state index in [1.165, 1.54) is 24.0 Å². The van der Waals surface area contributed by atoms with Crippen LogP contribution in [-0.4, -0.2) is 4.98 Å². The second-order valence-electron chi connectivity index (χ2n) is 3.51. The number of aromatic amines is 1. The van der Waals surface area contributed by atoms with Gasteiger partial charge in [0.15, 0.2) is 0 Å². The molecule has 0 fully saturated rings. The molecule has 1 aromatic heterocycles. The van der Waals surface area contributed by atoms with E-state index in [9.17, 15) is 4.79 Å². The van der Waals surface area contributed by atoms with Crippen LogP contribution in [0.3, 0.4) is 0 Å². The first-order valence-electron chi connectivity index (χ1n) is 4.75. The van der Waals surface area contributed by atoms with Crippen molar-refractivity contribution in [1.29, 1.82) is 0 Å². The Kier molecular flexibility index (Phi) is 3.72. The summed E-state index contributed by atoms with van der Waals surface area (Å²) in [5.41, 5.74) is 8.82. The first-order valence-corrected chi connectivity index (χ1v) is 4.75. The van der Waals surface area contributed by atoms with Crippen molar-refractivity contribution in [2.75, 3.05) is 0 Å². The van der Waals surface area contributed by atoms with Crippen molar-refractivity contribution in [3.63, 3.8) is 0 Å². The number of rotatable bonds is 1. The Hall–Kier alpha value is -0.800. The van der Waals surface area contributed by atoms with E-state index >= 15 is 0 Å². The Morgan fingerprint density at radius 3 is 2.79 bits per heavy atom. The van der Waals surface area contributed by atoms with Gasteiger partial charge in [-0.25, -0.2) is 0 Å². The highest BCUT2D eigenvalue weighted by atomic mass is 35.5. The van der Waals surface area contributed by atoms with Gasteiger partial charge in [0, 0.05) is 18.3 Å². The zero-order valence-corrected chi connectivity index (χ0v) is 8.82. The second kappa shape index (κ2) is 4.62. The molecule has 78 valence electrons. The van der Waals surface area contributed by atoms with Crippen molar-refractivity contribution < 1.29 is 0 Å². The monoisotopic (exact) mass is 214 g/mol. The molecule has 0 aromatic carbocycles. The lowest BCUT2D eigenvalue weighted by atomic mass is 9.90. The molecule has 0 radical (unpaired) electrons. The van der Waals surface area contributed by atoms with Crippen LogP contribution in [0, 0.1) is 0 Å². The number of halogens is 1. The van der Waals surface area contributed by atoms with Gasteiger partial charge in [0.2, 0.25) is 0 Å². The number of aryl methyl sites for hydroxylation is 1. The number of hydrogen-bond donors (Lipinski definition) is 2. The summed E-state index contributed by atoms with van der Waals surface area (Å²) in [4.78, 5) is 14.1. The molecule has 0 aliphatic heterocycles. The predicted molar refractivity (Wildman–Crippen MR) is 58.8 cm³/mol. The van der Waals surface area contributed by atoms with Crippen LogP contribution in [0.1, 0.15) is 29.5 Å². The van der Waals surface area contributed by atoms with Crippen molar-refractivity contribution in [2.45, 2.75) is 32.2 Å². The van der Waals surface area contributed by atoms with Gasteiger partial charge >= 0.3 is 0 Å². The van der Waals surface area contributed by atoms with Crippen LogP contribution in [0.15, 0.2) is 11.0 Å². The van der Waals surface area contributed by atoms with Gasteiger partial charge < -0.3 is 10.7 Å². The number of fused-ring (bicyclic) bond motifs is 1. The zero-order valence-electron chi connectivity index (χ0n) is 8.01. The topological polar surface area (TPSA) is 58.9 Å². The molecule has 2 rings (SSSR count). The zero-order chi connectivity index (χ0) is 9.26. The van der Waals surface area contributed by atoms with Gasteiger partial charge in [0.1, 0.15) is 0 Å². The largest absolute Gasteiger partial charge is 0.329 e. The van der Waals surface area contributed by atoms with E-state index in [-0.39, 0.29) is 18.0 Å². The smallest absolute Gasteiger partial charge is 0.252 e. The molecule has 1 aliphatic rings. The summed E-state index contributed by atoms with van der Waals surface area (Å²) in [5, 5.41) is 0. The molecule has 0 atom stereocenters. The molecule has 0 unspecified atom stereocenters. The Morgan fingerprint density at radius 2 is 2.07 bits per heavy atom. The first kappa shape index (κ1) is 11.3.